The lowest BCUT2D eigenvalue weighted by Gasteiger charge is -2.19. The van der Waals surface area contributed by atoms with E-state index in [4.69, 9.17) is 4.55 Å². The summed E-state index contributed by atoms with van der Waals surface area (Å²) in [6.07, 6.45) is 2.76. The minimum atomic E-state index is -0.0929. The van der Waals surface area contributed by atoms with Gasteiger partial charge in [-0.3, -0.25) is 0 Å². The normalized spacial score (nSPS) is 11.7. The van der Waals surface area contributed by atoms with Gasteiger partial charge in [-0.05, 0) is 56.8 Å². The van der Waals surface area contributed by atoms with Crippen molar-refractivity contribution in [2.75, 3.05) is 0 Å². The van der Waals surface area contributed by atoms with Crippen LogP contribution in [0.2, 0.25) is 0 Å². The van der Waals surface area contributed by atoms with Crippen molar-refractivity contribution in [1.29, 1.82) is 0 Å². The van der Waals surface area contributed by atoms with Crippen LogP contribution in [0.1, 0.15) is 32.3 Å². The number of phenols is 1. The first-order valence-electron chi connectivity index (χ1n) is 5.14. The van der Waals surface area contributed by atoms with Crippen LogP contribution in [-0.2, 0) is 6.42 Å². The highest BCUT2D eigenvalue weighted by atomic mass is 32.2. The summed E-state index contributed by atoms with van der Waals surface area (Å²) in [7, 11) is 0. The molecular formula is C12H18O2S. The van der Waals surface area contributed by atoms with Crippen molar-refractivity contribution in [2.24, 2.45) is 0 Å². The van der Waals surface area contributed by atoms with Gasteiger partial charge >= 0.3 is 0 Å². The summed E-state index contributed by atoms with van der Waals surface area (Å²) in [6, 6.07) is 7.41. The number of rotatable bonds is 5. The molecule has 2 N–H and O–H groups in total. The van der Waals surface area contributed by atoms with Crippen molar-refractivity contribution < 1.29 is 9.66 Å². The molecule has 0 aliphatic carbocycles. The summed E-state index contributed by atoms with van der Waals surface area (Å²) >= 11 is 0.904. The Morgan fingerprint density at radius 2 is 1.93 bits per heavy atom. The Morgan fingerprint density at radius 3 is 2.53 bits per heavy atom. The van der Waals surface area contributed by atoms with Crippen LogP contribution in [0.3, 0.4) is 0 Å². The zero-order valence-electron chi connectivity index (χ0n) is 9.23. The number of aryl methyl sites for hydroxylation is 1. The average molecular weight is 226 g/mol. The Hall–Kier alpha value is -0.670. The highest BCUT2D eigenvalue weighted by Crippen LogP contribution is 2.28. The molecule has 1 aromatic rings. The smallest absolute Gasteiger partial charge is 0.118 e. The first-order chi connectivity index (χ1) is 7.05. The summed E-state index contributed by atoms with van der Waals surface area (Å²) in [5, 5.41) is 9.54. The van der Waals surface area contributed by atoms with E-state index >= 15 is 0 Å². The van der Waals surface area contributed by atoms with Gasteiger partial charge in [0.1, 0.15) is 5.75 Å². The summed E-state index contributed by atoms with van der Waals surface area (Å²) in [5.74, 6) is 0.368. The third-order valence-electron chi connectivity index (χ3n) is 2.46. The predicted molar refractivity (Wildman–Crippen MR) is 65.3 cm³/mol. The van der Waals surface area contributed by atoms with Gasteiger partial charge in [-0.15, -0.1) is 0 Å². The van der Waals surface area contributed by atoms with Crippen LogP contribution >= 0.6 is 12.0 Å². The van der Waals surface area contributed by atoms with Gasteiger partial charge in [0.25, 0.3) is 0 Å². The molecule has 0 aliphatic heterocycles. The molecule has 0 saturated carbocycles. The number of para-hydroxylation sites is 1. The van der Waals surface area contributed by atoms with Gasteiger partial charge in [-0.2, -0.15) is 0 Å². The van der Waals surface area contributed by atoms with Gasteiger partial charge in [0.2, 0.25) is 0 Å². The van der Waals surface area contributed by atoms with Crippen molar-refractivity contribution in [3.05, 3.63) is 29.8 Å². The molecule has 0 aromatic heterocycles. The minimum absolute atomic E-state index is 0.0929. The molecule has 0 bridgehead atoms. The van der Waals surface area contributed by atoms with Crippen LogP contribution in [0.5, 0.6) is 5.75 Å². The van der Waals surface area contributed by atoms with Gasteiger partial charge in [0.15, 0.2) is 0 Å². The molecule has 0 atom stereocenters. The Kier molecular flexibility index (Phi) is 4.48. The summed E-state index contributed by atoms with van der Waals surface area (Å²) in [6.45, 7) is 4.03. The molecule has 0 aliphatic rings. The van der Waals surface area contributed by atoms with Gasteiger partial charge in [0.05, 0.1) is 0 Å². The predicted octanol–water partition coefficient (Wildman–Crippen LogP) is 3.70. The van der Waals surface area contributed by atoms with Crippen molar-refractivity contribution in [3.8, 4) is 5.75 Å². The molecule has 0 radical (unpaired) electrons. The van der Waals surface area contributed by atoms with E-state index in [0.717, 1.165) is 36.9 Å². The van der Waals surface area contributed by atoms with E-state index in [9.17, 15) is 5.11 Å². The van der Waals surface area contributed by atoms with Crippen LogP contribution in [0, 0.1) is 0 Å². The van der Waals surface area contributed by atoms with Crippen LogP contribution in [0.15, 0.2) is 24.3 Å². The van der Waals surface area contributed by atoms with E-state index in [1.54, 1.807) is 6.07 Å². The Balaban J connectivity index is 2.42. The molecule has 1 rings (SSSR count). The molecule has 84 valence electrons. The second kappa shape index (κ2) is 5.42. The van der Waals surface area contributed by atoms with Gasteiger partial charge in [-0.25, -0.2) is 0 Å². The molecule has 0 saturated heterocycles. The van der Waals surface area contributed by atoms with Crippen molar-refractivity contribution in [1.82, 2.24) is 0 Å². The second-order valence-corrected chi connectivity index (χ2v) is 5.62. The molecule has 3 heteroatoms. The summed E-state index contributed by atoms with van der Waals surface area (Å²) in [4.78, 5) is 0. The Morgan fingerprint density at radius 1 is 1.27 bits per heavy atom. The van der Waals surface area contributed by atoms with Crippen LogP contribution in [0.4, 0.5) is 0 Å². The van der Waals surface area contributed by atoms with Crippen molar-refractivity contribution >= 4 is 12.0 Å². The van der Waals surface area contributed by atoms with Gasteiger partial charge in [-0.1, -0.05) is 18.2 Å². The first kappa shape index (κ1) is 12.4. The third kappa shape index (κ3) is 4.14. The maximum absolute atomic E-state index is 9.54. The zero-order valence-corrected chi connectivity index (χ0v) is 10.0. The molecular weight excluding hydrogens is 208 g/mol. The fraction of sp³-hybridized carbons (Fsp3) is 0.500. The van der Waals surface area contributed by atoms with Crippen LogP contribution < -0.4 is 0 Å². The van der Waals surface area contributed by atoms with Gasteiger partial charge < -0.3 is 9.66 Å². The Bertz CT molecular complexity index is 310. The largest absolute Gasteiger partial charge is 0.508 e. The second-order valence-electron chi connectivity index (χ2n) is 4.33. The van der Waals surface area contributed by atoms with E-state index in [1.807, 2.05) is 32.0 Å². The first-order valence-corrected chi connectivity index (χ1v) is 5.92. The topological polar surface area (TPSA) is 40.5 Å². The highest BCUT2D eigenvalue weighted by Gasteiger charge is 2.17. The van der Waals surface area contributed by atoms with E-state index in [0.29, 0.717) is 5.75 Å². The SMILES string of the molecule is CC(C)(CCCc1ccccc1O)SO. The van der Waals surface area contributed by atoms with Gasteiger partial charge in [0, 0.05) is 4.75 Å². The fourth-order valence-electron chi connectivity index (χ4n) is 1.47. The Labute approximate surface area is 95.5 Å². The quantitative estimate of drug-likeness (QED) is 0.752. The average Bonchev–Trinajstić information content (AvgIpc) is 2.21. The fourth-order valence-corrected chi connectivity index (χ4v) is 1.71. The molecule has 15 heavy (non-hydrogen) atoms. The highest BCUT2D eigenvalue weighted by molar-refractivity contribution is 7.95. The maximum atomic E-state index is 9.54. The minimum Gasteiger partial charge on any atom is -0.508 e. The number of benzene rings is 1. The summed E-state index contributed by atoms with van der Waals surface area (Å²) in [5.41, 5.74) is 0.983. The molecule has 0 unspecified atom stereocenters. The lowest BCUT2D eigenvalue weighted by atomic mass is 10.0. The molecule has 2 nitrogen and oxygen atoms in total. The lowest BCUT2D eigenvalue weighted by molar-refractivity contribution is 0.465. The third-order valence-corrected chi connectivity index (χ3v) is 3.16. The van der Waals surface area contributed by atoms with E-state index in [-0.39, 0.29) is 4.75 Å². The van der Waals surface area contributed by atoms with Crippen molar-refractivity contribution in [3.63, 3.8) is 0 Å². The zero-order chi connectivity index (χ0) is 11.3. The van der Waals surface area contributed by atoms with E-state index < -0.39 is 0 Å². The maximum Gasteiger partial charge on any atom is 0.118 e. The van der Waals surface area contributed by atoms with Crippen molar-refractivity contribution in [2.45, 2.75) is 37.9 Å². The van der Waals surface area contributed by atoms with E-state index in [1.165, 1.54) is 0 Å². The van der Waals surface area contributed by atoms with E-state index in [2.05, 4.69) is 0 Å². The molecule has 0 amide bonds. The number of hydrogen-bond acceptors (Lipinski definition) is 3. The number of hydrogen-bond donors (Lipinski definition) is 2. The standard InChI is InChI=1S/C12H18O2S/c1-12(2,15-14)9-5-7-10-6-3-4-8-11(10)13/h3-4,6,8,13-14H,5,7,9H2,1-2H3. The number of phenolic OH excluding ortho intramolecular Hbond substituents is 1. The molecule has 1 aromatic carbocycles. The summed E-state index contributed by atoms with van der Waals surface area (Å²) < 4.78 is 8.92. The molecule has 0 fully saturated rings. The lowest BCUT2D eigenvalue weighted by Crippen LogP contribution is -2.13. The monoisotopic (exact) mass is 226 g/mol. The molecule has 0 spiro atoms. The number of aromatic hydroxyl groups is 1. The van der Waals surface area contributed by atoms with Crippen LogP contribution in [-0.4, -0.2) is 14.4 Å². The van der Waals surface area contributed by atoms with Crippen LogP contribution in [0.25, 0.3) is 0 Å². The molecule has 0 heterocycles.